The molecule has 0 saturated carbocycles. The molecule has 1 aliphatic rings. The smallest absolute Gasteiger partial charge is 0.222 e. The van der Waals surface area contributed by atoms with Gasteiger partial charge in [0.15, 0.2) is 5.96 Å². The molecule has 1 amide bonds. The van der Waals surface area contributed by atoms with Gasteiger partial charge in [-0.05, 0) is 37.0 Å². The fourth-order valence-electron chi connectivity index (χ4n) is 3.64. The van der Waals surface area contributed by atoms with Crippen LogP contribution < -0.4 is 10.6 Å². The highest BCUT2D eigenvalue weighted by molar-refractivity contribution is 5.80. The van der Waals surface area contributed by atoms with Crippen LogP contribution in [-0.4, -0.2) is 36.9 Å². The van der Waals surface area contributed by atoms with E-state index >= 15 is 0 Å². The number of nitrogens with one attached hydrogen (secondary N) is 2. The summed E-state index contributed by atoms with van der Waals surface area (Å²) in [6, 6.07) is 11.4. The molecule has 0 saturated heterocycles. The highest BCUT2D eigenvalue weighted by Crippen LogP contribution is 2.19. The molecule has 1 atom stereocenters. The second-order valence-electron chi connectivity index (χ2n) is 7.47. The van der Waals surface area contributed by atoms with Crippen molar-refractivity contribution in [2.75, 3.05) is 20.1 Å². The molecule has 0 fully saturated rings. The van der Waals surface area contributed by atoms with Gasteiger partial charge in [0, 0.05) is 44.7 Å². The van der Waals surface area contributed by atoms with Crippen LogP contribution in [0, 0.1) is 11.6 Å². The Morgan fingerprint density at radius 1 is 1.20 bits per heavy atom. The molecule has 2 aromatic carbocycles. The van der Waals surface area contributed by atoms with Crippen molar-refractivity contribution in [3.63, 3.8) is 0 Å². The van der Waals surface area contributed by atoms with E-state index in [-0.39, 0.29) is 11.9 Å². The SMILES string of the molecule is CN=C(NCCCC(=O)N1CCc2ccccc2C1)NC(C)c1ccc(F)cc1F. The molecule has 160 valence electrons. The largest absolute Gasteiger partial charge is 0.356 e. The van der Waals surface area contributed by atoms with Crippen molar-refractivity contribution in [3.8, 4) is 0 Å². The van der Waals surface area contributed by atoms with Crippen molar-refractivity contribution in [2.24, 2.45) is 4.99 Å². The molecule has 2 N–H and O–H groups in total. The molecule has 7 heteroatoms. The Bertz CT molecular complexity index is 916. The van der Waals surface area contributed by atoms with E-state index < -0.39 is 11.6 Å². The van der Waals surface area contributed by atoms with Gasteiger partial charge in [0.05, 0.1) is 6.04 Å². The lowest BCUT2D eigenvalue weighted by molar-refractivity contribution is -0.132. The number of aliphatic imine (C=N–C) groups is 1. The van der Waals surface area contributed by atoms with E-state index in [2.05, 4.69) is 27.8 Å². The lowest BCUT2D eigenvalue weighted by Gasteiger charge is -2.29. The topological polar surface area (TPSA) is 56.7 Å². The molecule has 3 rings (SSSR count). The first-order chi connectivity index (χ1) is 14.5. The van der Waals surface area contributed by atoms with E-state index in [1.165, 1.54) is 23.3 Å². The Morgan fingerprint density at radius 2 is 1.97 bits per heavy atom. The van der Waals surface area contributed by atoms with Gasteiger partial charge in [-0.15, -0.1) is 0 Å². The van der Waals surface area contributed by atoms with Gasteiger partial charge in [0.2, 0.25) is 5.91 Å². The number of hydrogen-bond donors (Lipinski definition) is 2. The highest BCUT2D eigenvalue weighted by atomic mass is 19.1. The van der Waals surface area contributed by atoms with E-state index in [0.29, 0.717) is 37.5 Å². The number of hydrogen-bond acceptors (Lipinski definition) is 2. The minimum absolute atomic E-state index is 0.149. The normalized spacial score (nSPS) is 14.8. The predicted octanol–water partition coefficient (Wildman–Crippen LogP) is 3.56. The van der Waals surface area contributed by atoms with Crippen LogP contribution in [0.2, 0.25) is 0 Å². The van der Waals surface area contributed by atoms with Crippen molar-refractivity contribution in [2.45, 2.75) is 38.8 Å². The van der Waals surface area contributed by atoms with Crippen molar-refractivity contribution in [1.29, 1.82) is 0 Å². The first-order valence-electron chi connectivity index (χ1n) is 10.2. The summed E-state index contributed by atoms with van der Waals surface area (Å²) in [6.07, 6.45) is 2.01. The van der Waals surface area contributed by atoms with Crippen LogP contribution in [0.5, 0.6) is 0 Å². The zero-order valence-corrected chi connectivity index (χ0v) is 17.4. The Morgan fingerprint density at radius 3 is 2.70 bits per heavy atom. The van der Waals surface area contributed by atoms with Crippen LogP contribution in [0.15, 0.2) is 47.5 Å². The third kappa shape index (κ3) is 5.55. The number of carbonyl (C=O) groups is 1. The van der Waals surface area contributed by atoms with Crippen LogP contribution in [-0.2, 0) is 17.8 Å². The fraction of sp³-hybridized carbons (Fsp3) is 0.391. The zero-order chi connectivity index (χ0) is 21.5. The number of benzene rings is 2. The molecular weight excluding hydrogens is 386 g/mol. The maximum Gasteiger partial charge on any atom is 0.222 e. The van der Waals surface area contributed by atoms with Crippen molar-refractivity contribution in [1.82, 2.24) is 15.5 Å². The molecule has 0 radical (unpaired) electrons. The summed E-state index contributed by atoms with van der Waals surface area (Å²) in [7, 11) is 1.62. The number of rotatable bonds is 6. The predicted molar refractivity (Wildman–Crippen MR) is 114 cm³/mol. The van der Waals surface area contributed by atoms with E-state index in [1.54, 1.807) is 14.0 Å². The summed E-state index contributed by atoms with van der Waals surface area (Å²) in [5.41, 5.74) is 2.91. The van der Waals surface area contributed by atoms with E-state index in [0.717, 1.165) is 19.0 Å². The van der Waals surface area contributed by atoms with Crippen LogP contribution in [0.25, 0.3) is 0 Å². The van der Waals surface area contributed by atoms with Gasteiger partial charge in [-0.1, -0.05) is 30.3 Å². The van der Waals surface area contributed by atoms with Crippen molar-refractivity contribution in [3.05, 3.63) is 70.8 Å². The van der Waals surface area contributed by atoms with Crippen LogP contribution in [0.4, 0.5) is 8.78 Å². The number of carbonyl (C=O) groups excluding carboxylic acids is 1. The summed E-state index contributed by atoms with van der Waals surface area (Å²) >= 11 is 0. The van der Waals surface area contributed by atoms with Gasteiger partial charge >= 0.3 is 0 Å². The monoisotopic (exact) mass is 414 g/mol. The highest BCUT2D eigenvalue weighted by Gasteiger charge is 2.20. The maximum absolute atomic E-state index is 13.9. The van der Waals surface area contributed by atoms with Crippen LogP contribution in [0.1, 0.15) is 42.5 Å². The molecule has 0 spiro atoms. The van der Waals surface area contributed by atoms with Gasteiger partial charge in [-0.2, -0.15) is 0 Å². The average Bonchev–Trinajstić information content (AvgIpc) is 2.75. The molecule has 1 heterocycles. The number of fused-ring (bicyclic) bond motifs is 1. The maximum atomic E-state index is 13.9. The summed E-state index contributed by atoms with van der Waals surface area (Å²) in [4.78, 5) is 18.6. The third-order valence-corrected chi connectivity index (χ3v) is 5.35. The summed E-state index contributed by atoms with van der Waals surface area (Å²) in [5.74, 6) is -0.548. The van der Waals surface area contributed by atoms with Crippen molar-refractivity contribution >= 4 is 11.9 Å². The number of nitrogens with zero attached hydrogens (tertiary/aromatic N) is 2. The minimum Gasteiger partial charge on any atom is -0.356 e. The molecule has 0 aliphatic carbocycles. The van der Waals surface area contributed by atoms with Gasteiger partial charge in [0.1, 0.15) is 11.6 Å². The van der Waals surface area contributed by atoms with E-state index in [9.17, 15) is 13.6 Å². The third-order valence-electron chi connectivity index (χ3n) is 5.35. The van der Waals surface area contributed by atoms with Gasteiger partial charge in [-0.25, -0.2) is 8.78 Å². The molecule has 30 heavy (non-hydrogen) atoms. The quantitative estimate of drug-likeness (QED) is 0.432. The second kappa shape index (κ2) is 10.2. The first kappa shape index (κ1) is 21.7. The van der Waals surface area contributed by atoms with E-state index in [4.69, 9.17) is 0 Å². The van der Waals surface area contributed by atoms with Gasteiger partial charge in [0.25, 0.3) is 0 Å². The summed E-state index contributed by atoms with van der Waals surface area (Å²) < 4.78 is 27.0. The molecule has 2 aromatic rings. The Balaban J connectivity index is 1.42. The Kier molecular flexibility index (Phi) is 7.38. The Hall–Kier alpha value is -2.96. The minimum atomic E-state index is -0.604. The van der Waals surface area contributed by atoms with E-state index in [1.807, 2.05) is 17.0 Å². The molecule has 0 aromatic heterocycles. The molecular formula is C23H28F2N4O. The van der Waals surface area contributed by atoms with Gasteiger partial charge < -0.3 is 15.5 Å². The lowest BCUT2D eigenvalue weighted by atomic mass is 9.99. The van der Waals surface area contributed by atoms with Crippen molar-refractivity contribution < 1.29 is 13.6 Å². The zero-order valence-electron chi connectivity index (χ0n) is 17.4. The van der Waals surface area contributed by atoms with Gasteiger partial charge in [-0.3, -0.25) is 9.79 Å². The first-order valence-corrected chi connectivity index (χ1v) is 10.2. The molecule has 0 bridgehead atoms. The van der Waals surface area contributed by atoms with Crippen LogP contribution in [0.3, 0.4) is 0 Å². The second-order valence-corrected chi connectivity index (χ2v) is 7.47. The molecule has 1 aliphatic heterocycles. The molecule has 1 unspecified atom stereocenters. The Labute approximate surface area is 176 Å². The molecule has 5 nitrogen and oxygen atoms in total. The summed E-state index contributed by atoms with van der Waals surface area (Å²) in [6.45, 7) is 3.77. The summed E-state index contributed by atoms with van der Waals surface area (Å²) in [5, 5.41) is 6.23. The fourth-order valence-corrected chi connectivity index (χ4v) is 3.64. The number of amides is 1. The average molecular weight is 415 g/mol. The van der Waals surface area contributed by atoms with Crippen LogP contribution >= 0.6 is 0 Å². The standard InChI is InChI=1S/C23H28F2N4O/c1-16(20-10-9-19(24)14-21(20)25)28-23(26-2)27-12-5-8-22(30)29-13-11-17-6-3-4-7-18(17)15-29/h3-4,6-7,9-10,14,16H,5,8,11-13,15H2,1-2H3,(H2,26,27,28). The number of halogens is 2. The number of guanidine groups is 1. The lowest BCUT2D eigenvalue weighted by Crippen LogP contribution is -2.40.